The fourth-order valence-electron chi connectivity index (χ4n) is 3.33. The van der Waals surface area contributed by atoms with Gasteiger partial charge in [-0.2, -0.15) is 0 Å². The molecule has 4 rings (SSSR count). The van der Waals surface area contributed by atoms with Gasteiger partial charge in [0.1, 0.15) is 17.9 Å². The molecule has 2 aromatic carbocycles. The lowest BCUT2D eigenvalue weighted by atomic mass is 10.1. The summed E-state index contributed by atoms with van der Waals surface area (Å²) in [5.41, 5.74) is 1.45. The van der Waals surface area contributed by atoms with Crippen molar-refractivity contribution in [1.82, 2.24) is 10.2 Å². The van der Waals surface area contributed by atoms with Crippen LogP contribution in [0.1, 0.15) is 16.1 Å². The molecule has 1 amide bonds. The molecule has 6 nitrogen and oxygen atoms in total. The van der Waals surface area contributed by atoms with Gasteiger partial charge in [-0.3, -0.25) is 9.69 Å². The average molecular weight is 380 g/mol. The Balaban J connectivity index is 1.46. The molecule has 0 radical (unpaired) electrons. The number of carbonyl (C=O) groups is 1. The van der Waals surface area contributed by atoms with Gasteiger partial charge in [0.25, 0.3) is 5.91 Å². The summed E-state index contributed by atoms with van der Waals surface area (Å²) in [5.74, 6) is 0.863. The summed E-state index contributed by atoms with van der Waals surface area (Å²) >= 11 is 0. The van der Waals surface area contributed by atoms with E-state index in [0.717, 1.165) is 49.5 Å². The number of carbonyl (C=O) groups excluding carboxylic acids is 1. The number of nitrogens with one attached hydrogen (secondary N) is 1. The van der Waals surface area contributed by atoms with Gasteiger partial charge in [-0.25, -0.2) is 0 Å². The summed E-state index contributed by atoms with van der Waals surface area (Å²) in [6, 6.07) is 17.2. The molecule has 1 saturated heterocycles. The Morgan fingerprint density at radius 1 is 1.04 bits per heavy atom. The van der Waals surface area contributed by atoms with Gasteiger partial charge in [0, 0.05) is 37.1 Å². The van der Waals surface area contributed by atoms with Crippen LogP contribution in [0.25, 0.3) is 11.0 Å². The lowest BCUT2D eigenvalue weighted by Gasteiger charge is -2.26. The zero-order valence-corrected chi connectivity index (χ0v) is 15.7. The number of nitrogens with zero attached hydrogens (tertiary/aromatic N) is 1. The van der Waals surface area contributed by atoms with Crippen LogP contribution in [0.15, 0.2) is 59.0 Å². The number of morpholine rings is 1. The summed E-state index contributed by atoms with van der Waals surface area (Å²) in [5, 5.41) is 3.87. The molecule has 0 unspecified atom stereocenters. The van der Waals surface area contributed by atoms with Crippen LogP contribution in [0, 0.1) is 0 Å². The highest BCUT2D eigenvalue weighted by atomic mass is 16.5. The standard InChI is InChI=1S/C22H24N2O4/c25-22(23-10-11-24-12-14-26-15-13-24)21-19(16-27-17-6-2-1-3-7-17)18-8-4-5-9-20(18)28-21/h1-9H,10-16H2,(H,23,25). The zero-order chi connectivity index (χ0) is 19.2. The van der Waals surface area contributed by atoms with Crippen molar-refractivity contribution in [2.45, 2.75) is 6.61 Å². The summed E-state index contributed by atoms with van der Waals surface area (Å²) in [6.07, 6.45) is 0. The molecule has 146 valence electrons. The van der Waals surface area contributed by atoms with Gasteiger partial charge in [-0.1, -0.05) is 36.4 Å². The van der Waals surface area contributed by atoms with Crippen molar-refractivity contribution in [3.05, 3.63) is 65.9 Å². The van der Waals surface area contributed by atoms with E-state index in [1.54, 1.807) is 0 Å². The average Bonchev–Trinajstić information content (AvgIpc) is 3.12. The Bertz CT molecular complexity index is 917. The SMILES string of the molecule is O=C(NCCN1CCOCC1)c1oc2ccccc2c1COc1ccccc1. The van der Waals surface area contributed by atoms with E-state index in [1.807, 2.05) is 54.6 Å². The predicted octanol–water partition coefficient (Wildman–Crippen LogP) is 3.07. The normalized spacial score (nSPS) is 14.9. The Hall–Kier alpha value is -2.83. The molecule has 2 heterocycles. The predicted molar refractivity (Wildman–Crippen MR) is 107 cm³/mol. The summed E-state index contributed by atoms with van der Waals surface area (Å²) in [7, 11) is 0. The third-order valence-corrected chi connectivity index (χ3v) is 4.85. The third-order valence-electron chi connectivity index (χ3n) is 4.85. The minimum atomic E-state index is -0.212. The second-order valence-corrected chi connectivity index (χ2v) is 6.72. The van der Waals surface area contributed by atoms with Crippen LogP contribution in [-0.4, -0.2) is 50.2 Å². The quantitative estimate of drug-likeness (QED) is 0.682. The minimum Gasteiger partial charge on any atom is -0.489 e. The van der Waals surface area contributed by atoms with Crippen molar-refractivity contribution in [1.29, 1.82) is 0 Å². The van der Waals surface area contributed by atoms with E-state index in [1.165, 1.54) is 0 Å². The molecule has 3 aromatic rings. The molecule has 28 heavy (non-hydrogen) atoms. The van der Waals surface area contributed by atoms with E-state index in [9.17, 15) is 4.79 Å². The summed E-state index contributed by atoms with van der Waals surface area (Å²) in [4.78, 5) is 15.1. The smallest absolute Gasteiger partial charge is 0.287 e. The molecule has 1 fully saturated rings. The third kappa shape index (κ3) is 4.35. The van der Waals surface area contributed by atoms with Gasteiger partial charge in [0.15, 0.2) is 5.76 Å². The van der Waals surface area contributed by atoms with Gasteiger partial charge in [0.2, 0.25) is 0 Å². The monoisotopic (exact) mass is 380 g/mol. The zero-order valence-electron chi connectivity index (χ0n) is 15.7. The molecule has 6 heteroatoms. The second kappa shape index (κ2) is 8.91. The van der Waals surface area contributed by atoms with Gasteiger partial charge in [0.05, 0.1) is 13.2 Å². The molecule has 0 saturated carbocycles. The maximum Gasteiger partial charge on any atom is 0.287 e. The first-order valence-corrected chi connectivity index (χ1v) is 9.58. The summed E-state index contributed by atoms with van der Waals surface area (Å²) in [6.45, 7) is 4.93. The van der Waals surface area contributed by atoms with Crippen molar-refractivity contribution in [2.75, 3.05) is 39.4 Å². The van der Waals surface area contributed by atoms with E-state index in [2.05, 4.69) is 10.2 Å². The first-order valence-electron chi connectivity index (χ1n) is 9.58. The van der Waals surface area contributed by atoms with Crippen LogP contribution in [-0.2, 0) is 11.3 Å². The van der Waals surface area contributed by atoms with E-state index < -0.39 is 0 Å². The lowest BCUT2D eigenvalue weighted by Crippen LogP contribution is -2.41. The Morgan fingerprint density at radius 3 is 2.61 bits per heavy atom. The molecule has 1 aliphatic rings. The minimum absolute atomic E-state index is 0.212. The highest BCUT2D eigenvalue weighted by Gasteiger charge is 2.21. The first-order chi connectivity index (χ1) is 13.8. The first kappa shape index (κ1) is 18.5. The molecule has 1 aromatic heterocycles. The largest absolute Gasteiger partial charge is 0.489 e. The number of benzene rings is 2. The van der Waals surface area contributed by atoms with Crippen molar-refractivity contribution in [3.63, 3.8) is 0 Å². The van der Waals surface area contributed by atoms with Crippen molar-refractivity contribution < 1.29 is 18.7 Å². The van der Waals surface area contributed by atoms with Gasteiger partial charge < -0.3 is 19.2 Å². The van der Waals surface area contributed by atoms with Crippen molar-refractivity contribution in [2.24, 2.45) is 0 Å². The number of para-hydroxylation sites is 2. The molecule has 0 aliphatic carbocycles. The van der Waals surface area contributed by atoms with Crippen LogP contribution in [0.4, 0.5) is 0 Å². The lowest BCUT2D eigenvalue weighted by molar-refractivity contribution is 0.0382. The molecular formula is C22H24N2O4. The van der Waals surface area contributed by atoms with Gasteiger partial charge >= 0.3 is 0 Å². The highest BCUT2D eigenvalue weighted by Crippen LogP contribution is 2.27. The Labute approximate surface area is 164 Å². The number of ether oxygens (including phenoxy) is 2. The molecular weight excluding hydrogens is 356 g/mol. The van der Waals surface area contributed by atoms with E-state index >= 15 is 0 Å². The van der Waals surface area contributed by atoms with Gasteiger partial charge in [-0.05, 0) is 18.2 Å². The topological polar surface area (TPSA) is 63.9 Å². The maximum absolute atomic E-state index is 12.8. The van der Waals surface area contributed by atoms with E-state index in [0.29, 0.717) is 17.9 Å². The number of rotatable bonds is 7. The molecule has 1 aliphatic heterocycles. The number of furan rings is 1. The van der Waals surface area contributed by atoms with Crippen LogP contribution in [0.3, 0.4) is 0 Å². The van der Waals surface area contributed by atoms with Crippen molar-refractivity contribution in [3.8, 4) is 5.75 Å². The van der Waals surface area contributed by atoms with Crippen LogP contribution < -0.4 is 10.1 Å². The number of fused-ring (bicyclic) bond motifs is 1. The van der Waals surface area contributed by atoms with E-state index in [4.69, 9.17) is 13.9 Å². The number of amides is 1. The molecule has 0 atom stereocenters. The highest BCUT2D eigenvalue weighted by molar-refractivity contribution is 5.99. The summed E-state index contributed by atoms with van der Waals surface area (Å²) < 4.78 is 17.1. The molecule has 0 bridgehead atoms. The van der Waals surface area contributed by atoms with E-state index in [-0.39, 0.29) is 12.5 Å². The number of hydrogen-bond donors (Lipinski definition) is 1. The van der Waals surface area contributed by atoms with Crippen molar-refractivity contribution >= 4 is 16.9 Å². The molecule has 1 N–H and O–H groups in total. The Kier molecular flexibility index (Phi) is 5.89. The van der Waals surface area contributed by atoms with Crippen LogP contribution >= 0.6 is 0 Å². The fourth-order valence-corrected chi connectivity index (χ4v) is 3.33. The van der Waals surface area contributed by atoms with Crippen LogP contribution in [0.5, 0.6) is 5.75 Å². The maximum atomic E-state index is 12.8. The van der Waals surface area contributed by atoms with Gasteiger partial charge in [-0.15, -0.1) is 0 Å². The number of hydrogen-bond acceptors (Lipinski definition) is 5. The second-order valence-electron chi connectivity index (χ2n) is 6.72. The molecule has 0 spiro atoms. The van der Waals surface area contributed by atoms with Crippen LogP contribution in [0.2, 0.25) is 0 Å². The Morgan fingerprint density at radius 2 is 1.79 bits per heavy atom. The fraction of sp³-hybridized carbons (Fsp3) is 0.318.